The van der Waals surface area contributed by atoms with E-state index in [-0.39, 0.29) is 11.4 Å². The van der Waals surface area contributed by atoms with E-state index in [9.17, 15) is 4.79 Å². The summed E-state index contributed by atoms with van der Waals surface area (Å²) in [6.45, 7) is 0. The first kappa shape index (κ1) is 15.2. The predicted molar refractivity (Wildman–Crippen MR) is 95.1 cm³/mol. The van der Waals surface area contributed by atoms with Crippen LogP contribution >= 0.6 is 0 Å². The van der Waals surface area contributed by atoms with Gasteiger partial charge in [0.15, 0.2) is 5.70 Å². The highest BCUT2D eigenvalue weighted by Crippen LogP contribution is 2.61. The number of methoxy groups -OCH3 is 1. The number of rotatable bonds is 3. The maximum atomic E-state index is 12.4. The van der Waals surface area contributed by atoms with Crippen molar-refractivity contribution in [3.63, 3.8) is 0 Å². The molecule has 0 unspecified atom stereocenters. The van der Waals surface area contributed by atoms with Crippen LogP contribution in [0, 0.1) is 23.2 Å². The minimum Gasteiger partial charge on any atom is -0.496 e. The van der Waals surface area contributed by atoms with Gasteiger partial charge in [0.05, 0.1) is 7.11 Å². The van der Waals surface area contributed by atoms with Crippen LogP contribution in [0.25, 0.3) is 6.08 Å². The molecule has 0 spiro atoms. The summed E-state index contributed by atoms with van der Waals surface area (Å²) in [4.78, 5) is 17.1. The molecule has 0 amide bonds. The summed E-state index contributed by atoms with van der Waals surface area (Å²) in [6.07, 6.45) is 9.32. The molecular formula is C21H23NO3. The molecule has 0 atom stereocenters. The second-order valence-electron chi connectivity index (χ2n) is 8.28. The highest BCUT2D eigenvalue weighted by molar-refractivity contribution is 6.09. The molecule has 5 aliphatic rings. The van der Waals surface area contributed by atoms with Crippen LogP contribution < -0.4 is 4.74 Å². The molecule has 1 heterocycles. The van der Waals surface area contributed by atoms with Crippen LogP contribution in [0.3, 0.4) is 0 Å². The summed E-state index contributed by atoms with van der Waals surface area (Å²) in [5.74, 6) is 3.51. The third-order valence-electron chi connectivity index (χ3n) is 6.54. The molecule has 4 nitrogen and oxygen atoms in total. The average molecular weight is 337 g/mol. The summed E-state index contributed by atoms with van der Waals surface area (Å²) in [5.41, 5.74) is 1.27. The number of para-hydroxylation sites is 1. The zero-order chi connectivity index (χ0) is 17.0. The fourth-order valence-corrected chi connectivity index (χ4v) is 5.94. The molecule has 25 heavy (non-hydrogen) atoms. The molecule has 0 saturated heterocycles. The first-order valence-corrected chi connectivity index (χ1v) is 9.31. The van der Waals surface area contributed by atoms with Crippen LogP contribution in [0.2, 0.25) is 0 Å². The molecule has 0 aromatic heterocycles. The van der Waals surface area contributed by atoms with Crippen LogP contribution in [0.15, 0.2) is 35.0 Å². The maximum absolute atomic E-state index is 12.4. The van der Waals surface area contributed by atoms with Gasteiger partial charge in [-0.25, -0.2) is 9.79 Å². The lowest BCUT2D eigenvalue weighted by Gasteiger charge is -2.55. The second-order valence-corrected chi connectivity index (χ2v) is 8.28. The zero-order valence-corrected chi connectivity index (χ0v) is 14.5. The van der Waals surface area contributed by atoms with E-state index >= 15 is 0 Å². The van der Waals surface area contributed by atoms with Gasteiger partial charge in [0.1, 0.15) is 5.75 Å². The lowest BCUT2D eigenvalue weighted by atomic mass is 9.49. The van der Waals surface area contributed by atoms with Gasteiger partial charge in [-0.15, -0.1) is 0 Å². The predicted octanol–water partition coefficient (Wildman–Crippen LogP) is 4.21. The van der Waals surface area contributed by atoms with Crippen LogP contribution in [-0.2, 0) is 9.53 Å². The van der Waals surface area contributed by atoms with Gasteiger partial charge in [0, 0.05) is 11.0 Å². The highest BCUT2D eigenvalue weighted by atomic mass is 16.6. The van der Waals surface area contributed by atoms with Crippen molar-refractivity contribution in [1.82, 2.24) is 0 Å². The number of hydrogen-bond acceptors (Lipinski definition) is 4. The molecule has 4 bridgehead atoms. The second kappa shape index (κ2) is 5.45. The summed E-state index contributed by atoms with van der Waals surface area (Å²) >= 11 is 0. The van der Waals surface area contributed by atoms with Crippen molar-refractivity contribution in [1.29, 1.82) is 0 Å². The third-order valence-corrected chi connectivity index (χ3v) is 6.54. The molecule has 0 radical (unpaired) electrons. The van der Waals surface area contributed by atoms with E-state index in [1.807, 2.05) is 24.3 Å². The summed E-state index contributed by atoms with van der Waals surface area (Å²) in [6, 6.07) is 7.66. The Hall–Kier alpha value is -2.10. The number of nitrogens with zero attached hydrogens (tertiary/aromatic N) is 1. The van der Waals surface area contributed by atoms with Gasteiger partial charge in [0.2, 0.25) is 5.90 Å². The molecule has 4 heteroatoms. The number of hydrogen-bond donors (Lipinski definition) is 0. The highest BCUT2D eigenvalue weighted by Gasteiger charge is 2.55. The normalized spacial score (nSPS) is 37.3. The Morgan fingerprint density at radius 2 is 1.76 bits per heavy atom. The Kier molecular flexibility index (Phi) is 3.31. The first-order chi connectivity index (χ1) is 12.1. The molecule has 6 rings (SSSR count). The van der Waals surface area contributed by atoms with Crippen LogP contribution in [0.4, 0.5) is 0 Å². The number of carbonyl (C=O) groups is 1. The van der Waals surface area contributed by atoms with Gasteiger partial charge >= 0.3 is 5.97 Å². The SMILES string of the molecule is COc1ccccc1C=C1N=C(C23CC4CC(CC(C4)C2)C3)OC1=O. The van der Waals surface area contributed by atoms with Gasteiger partial charge in [0.25, 0.3) is 0 Å². The molecule has 1 aromatic rings. The lowest BCUT2D eigenvalue weighted by Crippen LogP contribution is -2.50. The number of cyclic esters (lactones) is 1. The van der Waals surface area contributed by atoms with Gasteiger partial charge < -0.3 is 9.47 Å². The molecule has 0 N–H and O–H groups in total. The largest absolute Gasteiger partial charge is 0.496 e. The number of esters is 1. The van der Waals surface area contributed by atoms with Crippen molar-refractivity contribution in [2.24, 2.45) is 28.2 Å². The van der Waals surface area contributed by atoms with Crippen molar-refractivity contribution >= 4 is 17.9 Å². The molecule has 1 aromatic carbocycles. The van der Waals surface area contributed by atoms with Crippen molar-refractivity contribution in [2.45, 2.75) is 38.5 Å². The fraction of sp³-hybridized carbons (Fsp3) is 0.524. The van der Waals surface area contributed by atoms with Crippen molar-refractivity contribution in [3.8, 4) is 5.75 Å². The molecule has 130 valence electrons. The van der Waals surface area contributed by atoms with Crippen molar-refractivity contribution < 1.29 is 14.3 Å². The Morgan fingerprint density at radius 3 is 2.40 bits per heavy atom. The smallest absolute Gasteiger partial charge is 0.363 e. The Labute approximate surface area is 147 Å². The minimum absolute atomic E-state index is 0.0147. The number of aliphatic imine (C=N–C) groups is 1. The van der Waals surface area contributed by atoms with Gasteiger partial charge in [-0.1, -0.05) is 18.2 Å². The zero-order valence-electron chi connectivity index (χ0n) is 14.5. The lowest BCUT2D eigenvalue weighted by molar-refractivity contribution is -0.131. The van der Waals surface area contributed by atoms with Crippen LogP contribution in [0.5, 0.6) is 5.75 Å². The molecule has 4 saturated carbocycles. The van der Waals surface area contributed by atoms with Crippen LogP contribution in [0.1, 0.15) is 44.1 Å². The monoisotopic (exact) mass is 337 g/mol. The number of carbonyl (C=O) groups excluding carboxylic acids is 1. The quantitative estimate of drug-likeness (QED) is 0.613. The average Bonchev–Trinajstić information content (AvgIpc) is 2.96. The molecular weight excluding hydrogens is 314 g/mol. The standard InChI is InChI=1S/C21H23NO3/c1-24-18-5-3-2-4-16(18)9-17-19(23)25-20(22-17)21-10-13-6-14(11-21)8-15(7-13)12-21/h2-5,9,13-15H,6-8,10-12H2,1H3. The fourth-order valence-electron chi connectivity index (χ4n) is 5.94. The molecule has 1 aliphatic heterocycles. The van der Waals surface area contributed by atoms with Crippen molar-refractivity contribution in [2.75, 3.05) is 7.11 Å². The first-order valence-electron chi connectivity index (χ1n) is 9.31. The Morgan fingerprint density at radius 1 is 1.12 bits per heavy atom. The van der Waals surface area contributed by atoms with Gasteiger partial charge in [-0.2, -0.15) is 0 Å². The van der Waals surface area contributed by atoms with Crippen LogP contribution in [-0.4, -0.2) is 19.0 Å². The maximum Gasteiger partial charge on any atom is 0.363 e. The Balaban J connectivity index is 1.49. The molecule has 4 aliphatic carbocycles. The van der Waals surface area contributed by atoms with E-state index in [1.165, 1.54) is 19.3 Å². The number of benzene rings is 1. The van der Waals surface area contributed by atoms with E-state index in [4.69, 9.17) is 9.47 Å². The van der Waals surface area contributed by atoms with Gasteiger partial charge in [-0.05, 0) is 68.4 Å². The third kappa shape index (κ3) is 2.42. The topological polar surface area (TPSA) is 47.9 Å². The van der Waals surface area contributed by atoms with E-state index in [0.29, 0.717) is 11.6 Å². The summed E-state index contributed by atoms with van der Waals surface area (Å²) in [5, 5.41) is 0. The molecule has 4 fully saturated rings. The Bertz CT molecular complexity index is 757. The van der Waals surface area contributed by atoms with E-state index in [1.54, 1.807) is 13.2 Å². The van der Waals surface area contributed by atoms with E-state index in [2.05, 4.69) is 4.99 Å². The summed E-state index contributed by atoms with van der Waals surface area (Å²) in [7, 11) is 1.63. The van der Waals surface area contributed by atoms with Gasteiger partial charge in [-0.3, -0.25) is 0 Å². The van der Waals surface area contributed by atoms with E-state index in [0.717, 1.165) is 48.3 Å². The van der Waals surface area contributed by atoms with Crippen molar-refractivity contribution in [3.05, 3.63) is 35.5 Å². The summed E-state index contributed by atoms with van der Waals surface area (Å²) < 4.78 is 11.1. The number of ether oxygens (including phenoxy) is 2. The minimum atomic E-state index is -0.323. The van der Waals surface area contributed by atoms with E-state index < -0.39 is 0 Å².